The van der Waals surface area contributed by atoms with Crippen molar-refractivity contribution in [2.24, 2.45) is 0 Å². The van der Waals surface area contributed by atoms with Gasteiger partial charge in [-0.1, -0.05) is 317 Å². The Bertz CT molecular complexity index is 1300. The molecule has 0 saturated carbocycles. The fourth-order valence-corrected chi connectivity index (χ4v) is 9.20. The molecule has 0 aromatic heterocycles. The third-order valence-corrected chi connectivity index (χ3v) is 13.9. The number of carbonyl (C=O) groups excluding carboxylic acids is 1. The average Bonchev–Trinajstić information content (AvgIpc) is 3.37. The number of nitrogens with one attached hydrogen (secondary N) is 1. The van der Waals surface area contributed by atoms with Crippen molar-refractivity contribution in [2.75, 3.05) is 6.61 Å². The second kappa shape index (κ2) is 61.6. The van der Waals surface area contributed by atoms with E-state index in [2.05, 4.69) is 116 Å². The molecular weight excluding hydrogens is 867 g/mol. The molecule has 2 unspecified atom stereocenters. The van der Waals surface area contributed by atoms with E-state index in [1.807, 2.05) is 0 Å². The molecular formula is C67H119NO3. The minimum absolute atomic E-state index is 0.0317. The standard InChI is InChI=1S/C67H119NO3/c1-3-5-7-9-11-13-15-17-19-21-23-25-26-27-28-29-30-31-32-33-34-35-36-37-38-39-40-41-42-43-45-47-49-51-53-55-57-59-61-63-67(71)68-65(64-69)66(70)62-60-58-56-54-52-50-48-46-44-24-22-20-18-16-14-12-10-8-6-4-2/h5,7,11,13,17,19,23,25,27-28,30-31,33-34,36-37,65-66,69-70H,3-4,6,8-10,12,14-16,18,20-22,24,26,29,32,35,38-64H2,1-2H3,(H,68,71)/b7-5-,13-11-,19-17-,25-23-,28-27-,31-30-,34-33-,37-36-. The van der Waals surface area contributed by atoms with Crippen LogP contribution in [0.5, 0.6) is 0 Å². The Morgan fingerprint density at radius 2 is 0.620 bits per heavy atom. The van der Waals surface area contributed by atoms with Gasteiger partial charge < -0.3 is 15.5 Å². The van der Waals surface area contributed by atoms with Gasteiger partial charge in [-0.3, -0.25) is 4.79 Å². The number of unbranched alkanes of at least 4 members (excludes halogenated alkanes) is 33. The molecule has 4 nitrogen and oxygen atoms in total. The van der Waals surface area contributed by atoms with E-state index in [0.717, 1.165) is 77.0 Å². The van der Waals surface area contributed by atoms with Gasteiger partial charge in [-0.25, -0.2) is 0 Å². The van der Waals surface area contributed by atoms with Crippen molar-refractivity contribution in [1.29, 1.82) is 0 Å². The van der Waals surface area contributed by atoms with Gasteiger partial charge in [0.05, 0.1) is 18.8 Å². The summed E-state index contributed by atoms with van der Waals surface area (Å²) < 4.78 is 0. The molecule has 0 radical (unpaired) electrons. The molecule has 3 N–H and O–H groups in total. The molecule has 0 saturated heterocycles. The molecule has 1 amide bonds. The zero-order chi connectivity index (χ0) is 51.3. The quantitative estimate of drug-likeness (QED) is 0.0420. The zero-order valence-corrected chi connectivity index (χ0v) is 47.2. The Labute approximate surface area is 443 Å². The first-order chi connectivity index (χ1) is 35.2. The van der Waals surface area contributed by atoms with Crippen molar-refractivity contribution in [2.45, 2.75) is 315 Å². The molecule has 0 aromatic rings. The first-order valence-corrected chi connectivity index (χ1v) is 30.9. The number of hydrogen-bond acceptors (Lipinski definition) is 3. The highest BCUT2D eigenvalue weighted by molar-refractivity contribution is 5.76. The lowest BCUT2D eigenvalue weighted by atomic mass is 10.0. The molecule has 4 heteroatoms. The van der Waals surface area contributed by atoms with E-state index in [4.69, 9.17) is 0 Å². The zero-order valence-electron chi connectivity index (χ0n) is 47.2. The van der Waals surface area contributed by atoms with Crippen molar-refractivity contribution in [3.8, 4) is 0 Å². The maximum absolute atomic E-state index is 12.5. The molecule has 0 spiro atoms. The Balaban J connectivity index is 3.50. The van der Waals surface area contributed by atoms with Gasteiger partial charge in [0.1, 0.15) is 0 Å². The lowest BCUT2D eigenvalue weighted by Gasteiger charge is -2.22. The van der Waals surface area contributed by atoms with Gasteiger partial charge in [-0.05, 0) is 77.0 Å². The van der Waals surface area contributed by atoms with Crippen LogP contribution in [0.4, 0.5) is 0 Å². The summed E-state index contributed by atoms with van der Waals surface area (Å²) in [5.41, 5.74) is 0. The summed E-state index contributed by atoms with van der Waals surface area (Å²) in [4.78, 5) is 12.5. The largest absolute Gasteiger partial charge is 0.394 e. The number of hydrogen-bond donors (Lipinski definition) is 3. The van der Waals surface area contributed by atoms with Gasteiger partial charge in [-0.2, -0.15) is 0 Å². The summed E-state index contributed by atoms with van der Waals surface area (Å²) in [7, 11) is 0. The van der Waals surface area contributed by atoms with Crippen molar-refractivity contribution >= 4 is 5.91 Å². The number of rotatable bonds is 56. The first kappa shape index (κ1) is 68.3. The second-order valence-electron chi connectivity index (χ2n) is 20.7. The van der Waals surface area contributed by atoms with Crippen LogP contribution in [0, 0.1) is 0 Å². The normalized spacial score (nSPS) is 13.5. The van der Waals surface area contributed by atoms with Gasteiger partial charge in [0.15, 0.2) is 0 Å². The topological polar surface area (TPSA) is 69.6 Å². The van der Waals surface area contributed by atoms with E-state index in [0.29, 0.717) is 12.8 Å². The SMILES string of the molecule is CC/C=C\C/C=C\C/C=C\C/C=C\C/C=C\C/C=C\C/C=C\C/C=C\CCCCCCCCCCCCCCCCC(=O)NC(CO)C(O)CCCCCCCCCCCCCCCCCCCCCC. The molecule has 0 heterocycles. The third-order valence-electron chi connectivity index (χ3n) is 13.9. The van der Waals surface area contributed by atoms with Crippen molar-refractivity contribution in [3.05, 3.63) is 97.2 Å². The fourth-order valence-electron chi connectivity index (χ4n) is 9.20. The van der Waals surface area contributed by atoms with Gasteiger partial charge in [0.2, 0.25) is 5.91 Å². The van der Waals surface area contributed by atoms with E-state index in [9.17, 15) is 15.0 Å². The third kappa shape index (κ3) is 58.1. The average molecular weight is 987 g/mol. The second-order valence-corrected chi connectivity index (χ2v) is 20.7. The van der Waals surface area contributed by atoms with E-state index in [-0.39, 0.29) is 12.5 Å². The van der Waals surface area contributed by atoms with Gasteiger partial charge in [0, 0.05) is 6.42 Å². The van der Waals surface area contributed by atoms with Crippen LogP contribution in [-0.4, -0.2) is 34.9 Å². The molecule has 0 fully saturated rings. The molecule has 2 atom stereocenters. The van der Waals surface area contributed by atoms with E-state index < -0.39 is 12.1 Å². The smallest absolute Gasteiger partial charge is 0.220 e. The van der Waals surface area contributed by atoms with Crippen LogP contribution in [0.25, 0.3) is 0 Å². The predicted molar refractivity (Wildman–Crippen MR) is 317 cm³/mol. The monoisotopic (exact) mass is 986 g/mol. The highest BCUT2D eigenvalue weighted by Crippen LogP contribution is 2.17. The lowest BCUT2D eigenvalue weighted by molar-refractivity contribution is -0.123. The van der Waals surface area contributed by atoms with Gasteiger partial charge in [-0.15, -0.1) is 0 Å². The predicted octanol–water partition coefficient (Wildman–Crippen LogP) is 20.9. The molecule has 0 rings (SSSR count). The van der Waals surface area contributed by atoms with Crippen LogP contribution in [0.2, 0.25) is 0 Å². The fraction of sp³-hybridized carbons (Fsp3) is 0.746. The summed E-state index contributed by atoms with van der Waals surface area (Å²) in [6, 6.07) is -0.542. The summed E-state index contributed by atoms with van der Waals surface area (Å²) in [6.07, 6.45) is 91.2. The maximum atomic E-state index is 12.5. The van der Waals surface area contributed by atoms with E-state index in [1.54, 1.807) is 0 Å². The summed E-state index contributed by atoms with van der Waals surface area (Å²) in [6.45, 7) is 4.26. The number of allylic oxidation sites excluding steroid dienone is 16. The highest BCUT2D eigenvalue weighted by Gasteiger charge is 2.20. The first-order valence-electron chi connectivity index (χ1n) is 30.9. The van der Waals surface area contributed by atoms with Crippen molar-refractivity contribution < 1.29 is 15.0 Å². The Hall–Kier alpha value is -2.69. The number of aliphatic hydroxyl groups excluding tert-OH is 2. The molecule has 0 aliphatic rings. The number of aliphatic hydroxyl groups is 2. The Morgan fingerprint density at radius 3 is 0.930 bits per heavy atom. The number of amides is 1. The van der Waals surface area contributed by atoms with Crippen LogP contribution in [0.1, 0.15) is 303 Å². The highest BCUT2D eigenvalue weighted by atomic mass is 16.3. The van der Waals surface area contributed by atoms with Gasteiger partial charge in [0.25, 0.3) is 0 Å². The summed E-state index contributed by atoms with van der Waals surface area (Å²) >= 11 is 0. The molecule has 0 bridgehead atoms. The molecule has 71 heavy (non-hydrogen) atoms. The molecule has 0 aromatic carbocycles. The minimum atomic E-state index is -0.665. The Morgan fingerprint density at radius 1 is 0.352 bits per heavy atom. The molecule has 0 aliphatic carbocycles. The van der Waals surface area contributed by atoms with Crippen molar-refractivity contribution in [1.82, 2.24) is 5.32 Å². The minimum Gasteiger partial charge on any atom is -0.394 e. The Kier molecular flexibility index (Phi) is 59.3. The summed E-state index contributed by atoms with van der Waals surface area (Å²) in [5.74, 6) is -0.0317. The van der Waals surface area contributed by atoms with Crippen LogP contribution in [0.3, 0.4) is 0 Å². The van der Waals surface area contributed by atoms with Crippen LogP contribution in [-0.2, 0) is 4.79 Å². The number of carbonyl (C=O) groups is 1. The van der Waals surface area contributed by atoms with Crippen LogP contribution in [0.15, 0.2) is 97.2 Å². The lowest BCUT2D eigenvalue weighted by Crippen LogP contribution is -2.45. The van der Waals surface area contributed by atoms with E-state index >= 15 is 0 Å². The molecule has 0 aliphatic heterocycles. The van der Waals surface area contributed by atoms with Crippen LogP contribution < -0.4 is 5.32 Å². The van der Waals surface area contributed by atoms with Gasteiger partial charge >= 0.3 is 0 Å². The summed E-state index contributed by atoms with van der Waals surface area (Å²) in [5, 5.41) is 23.4. The molecule has 410 valence electrons. The van der Waals surface area contributed by atoms with Crippen molar-refractivity contribution in [3.63, 3.8) is 0 Å². The van der Waals surface area contributed by atoms with Crippen LogP contribution >= 0.6 is 0 Å². The maximum Gasteiger partial charge on any atom is 0.220 e. The van der Waals surface area contributed by atoms with E-state index in [1.165, 1.54) is 199 Å².